The van der Waals surface area contributed by atoms with E-state index in [1.165, 1.54) is 0 Å². The van der Waals surface area contributed by atoms with Crippen LogP contribution >= 0.6 is 0 Å². The second-order valence-corrected chi connectivity index (χ2v) is 7.84. The van der Waals surface area contributed by atoms with E-state index in [0.29, 0.717) is 24.8 Å². The molecule has 0 unspecified atom stereocenters. The van der Waals surface area contributed by atoms with Gasteiger partial charge in [-0.2, -0.15) is 0 Å². The molecule has 2 saturated heterocycles. The molecule has 2 aromatic rings. The van der Waals surface area contributed by atoms with Gasteiger partial charge < -0.3 is 25.0 Å². The van der Waals surface area contributed by atoms with E-state index in [1.807, 2.05) is 30.3 Å². The van der Waals surface area contributed by atoms with Crippen LogP contribution in [0.1, 0.15) is 23.3 Å². The van der Waals surface area contributed by atoms with Crippen LogP contribution in [0.2, 0.25) is 0 Å². The Hall–Kier alpha value is -2.91. The summed E-state index contributed by atoms with van der Waals surface area (Å²) in [5.41, 5.74) is 1.56. The molecule has 2 aliphatic rings. The summed E-state index contributed by atoms with van der Waals surface area (Å²) in [6.07, 6.45) is 1.21. The van der Waals surface area contributed by atoms with Crippen LogP contribution < -0.4 is 5.32 Å². The smallest absolute Gasteiger partial charge is 0.290 e. The van der Waals surface area contributed by atoms with E-state index >= 15 is 0 Å². The van der Waals surface area contributed by atoms with Gasteiger partial charge in [-0.05, 0) is 18.6 Å². The van der Waals surface area contributed by atoms with E-state index in [9.17, 15) is 9.59 Å². The Morgan fingerprint density at radius 3 is 2.77 bits per heavy atom. The second-order valence-electron chi connectivity index (χ2n) is 7.84. The number of H-pyrrole nitrogens is 1. The summed E-state index contributed by atoms with van der Waals surface area (Å²) in [7, 11) is 3.53. The molecular weight excluding hydrogens is 388 g/mol. The number of morpholine rings is 1. The third-order valence-electron chi connectivity index (χ3n) is 5.50. The molecule has 2 fully saturated rings. The van der Waals surface area contributed by atoms with Gasteiger partial charge in [0.25, 0.3) is 12.4 Å². The number of nitrogens with one attached hydrogen (secondary N) is 2. The van der Waals surface area contributed by atoms with Crippen LogP contribution in [-0.2, 0) is 14.3 Å². The van der Waals surface area contributed by atoms with Gasteiger partial charge in [-0.25, -0.2) is 0 Å². The highest BCUT2D eigenvalue weighted by atomic mass is 16.5. The molecule has 1 aromatic heterocycles. The second kappa shape index (κ2) is 9.73. The minimum Gasteiger partial charge on any atom is -0.483 e. The quantitative estimate of drug-likeness (QED) is 0.639. The van der Waals surface area contributed by atoms with E-state index in [4.69, 9.17) is 14.6 Å². The van der Waals surface area contributed by atoms with E-state index in [2.05, 4.69) is 15.2 Å². The number of hydrogen-bond donors (Lipinski definition) is 3. The lowest BCUT2D eigenvalue weighted by Gasteiger charge is -2.35. The largest absolute Gasteiger partial charge is 0.483 e. The predicted molar refractivity (Wildman–Crippen MR) is 111 cm³/mol. The molecule has 0 spiro atoms. The van der Waals surface area contributed by atoms with Crippen LogP contribution in [0.15, 0.2) is 30.3 Å². The van der Waals surface area contributed by atoms with E-state index in [0.717, 1.165) is 30.4 Å². The maximum absolute atomic E-state index is 12.6. The number of carbonyl (C=O) groups excluding carboxylic acids is 2. The lowest BCUT2D eigenvalue weighted by atomic mass is 10.1. The summed E-state index contributed by atoms with van der Waals surface area (Å²) in [6.45, 7) is 1.90. The fourth-order valence-corrected chi connectivity index (χ4v) is 4.01. The number of amides is 2. The molecular formula is C21H28N4O5. The summed E-state index contributed by atoms with van der Waals surface area (Å²) in [4.78, 5) is 40.0. The summed E-state index contributed by atoms with van der Waals surface area (Å²) in [5.74, 6) is 0.0117. The average molecular weight is 416 g/mol. The van der Waals surface area contributed by atoms with Crippen LogP contribution in [0.5, 0.6) is 0 Å². The Labute approximate surface area is 175 Å². The highest BCUT2D eigenvalue weighted by molar-refractivity contribution is 5.98. The molecule has 3 N–H and O–H groups in total. The molecule has 2 amide bonds. The molecule has 0 aliphatic carbocycles. The first kappa shape index (κ1) is 21.8. The first-order chi connectivity index (χ1) is 14.4. The Balaban J connectivity index is 0.000000806. The van der Waals surface area contributed by atoms with Gasteiger partial charge in [0.1, 0.15) is 5.69 Å². The number of aromatic amines is 1. The van der Waals surface area contributed by atoms with Crippen molar-refractivity contribution in [2.45, 2.75) is 31.0 Å². The van der Waals surface area contributed by atoms with Gasteiger partial charge in [0.05, 0.1) is 19.1 Å². The van der Waals surface area contributed by atoms with E-state index in [1.54, 1.807) is 19.0 Å². The molecule has 30 heavy (non-hydrogen) atoms. The lowest BCUT2D eigenvalue weighted by molar-refractivity contribution is -0.134. The lowest BCUT2D eigenvalue weighted by Crippen LogP contribution is -2.47. The highest BCUT2D eigenvalue weighted by Crippen LogP contribution is 2.25. The topological polar surface area (TPSA) is 115 Å². The van der Waals surface area contributed by atoms with Gasteiger partial charge in [-0.1, -0.05) is 18.2 Å². The number of hydrogen-bond acceptors (Lipinski definition) is 5. The molecule has 9 heteroatoms. The minimum atomic E-state index is -0.250. The van der Waals surface area contributed by atoms with Crippen molar-refractivity contribution in [1.29, 1.82) is 0 Å². The number of nitrogens with zero attached hydrogens (tertiary/aromatic N) is 2. The molecule has 3 atom stereocenters. The zero-order chi connectivity index (χ0) is 21.7. The molecule has 3 heterocycles. The minimum absolute atomic E-state index is 0.0701. The van der Waals surface area contributed by atoms with Gasteiger partial charge in [0.2, 0.25) is 5.91 Å². The normalized spacial score (nSPS) is 23.2. The summed E-state index contributed by atoms with van der Waals surface area (Å²) in [6, 6.07) is 10.2. The molecule has 0 bridgehead atoms. The first-order valence-corrected chi connectivity index (χ1v) is 9.93. The van der Waals surface area contributed by atoms with Crippen molar-refractivity contribution in [2.75, 3.05) is 33.8 Å². The molecule has 4 rings (SSSR count). The summed E-state index contributed by atoms with van der Waals surface area (Å²) in [5, 5.41) is 11.1. The first-order valence-electron chi connectivity index (χ1n) is 9.93. The Morgan fingerprint density at radius 2 is 2.07 bits per heavy atom. The van der Waals surface area contributed by atoms with E-state index < -0.39 is 0 Å². The SMILES string of the molecule is CN(C)C(=O)C[C@H]1CN2C[C@@H](NC(=O)c3cc4ccccc4[nH]3)C[C@H]2CO1.O=CO. The zero-order valence-corrected chi connectivity index (χ0v) is 17.2. The standard InChI is InChI=1S/C20H26N4O3.CH2O2/c1-23(2)19(25)9-16-11-24-10-14(8-15(24)12-27-16)21-20(26)18-7-13-5-3-4-6-17(13)22-18;2-1-3/h3-7,14-16,22H,8-12H2,1-2H3,(H,21,26);1H,(H,2,3)/t14-,15-,16-;/m0./s1. The average Bonchev–Trinajstić information content (AvgIpc) is 3.31. The summed E-state index contributed by atoms with van der Waals surface area (Å²) >= 11 is 0. The molecule has 9 nitrogen and oxygen atoms in total. The van der Waals surface area contributed by atoms with Crippen molar-refractivity contribution in [3.63, 3.8) is 0 Å². The van der Waals surface area contributed by atoms with Crippen LogP contribution in [0.25, 0.3) is 10.9 Å². The van der Waals surface area contributed by atoms with Gasteiger partial charge in [0.15, 0.2) is 0 Å². The number of carboxylic acid groups (broad SMARTS) is 1. The fraction of sp³-hybridized carbons (Fsp3) is 0.476. The highest BCUT2D eigenvalue weighted by Gasteiger charge is 2.38. The van der Waals surface area contributed by atoms with Gasteiger partial charge in [-0.3, -0.25) is 19.3 Å². The van der Waals surface area contributed by atoms with Gasteiger partial charge in [0, 0.05) is 50.2 Å². The van der Waals surface area contributed by atoms with Crippen molar-refractivity contribution in [2.24, 2.45) is 0 Å². The number of aromatic nitrogens is 1. The van der Waals surface area contributed by atoms with Crippen molar-refractivity contribution in [3.05, 3.63) is 36.0 Å². The molecule has 0 radical (unpaired) electrons. The molecule has 162 valence electrons. The third-order valence-corrected chi connectivity index (χ3v) is 5.50. The van der Waals surface area contributed by atoms with Crippen LogP contribution in [-0.4, -0.2) is 90.2 Å². The maximum atomic E-state index is 12.6. The van der Waals surface area contributed by atoms with Crippen LogP contribution in [0.4, 0.5) is 0 Å². The number of rotatable bonds is 4. The molecule has 2 aliphatic heterocycles. The summed E-state index contributed by atoms with van der Waals surface area (Å²) < 4.78 is 5.88. The predicted octanol–water partition coefficient (Wildman–Crippen LogP) is 0.919. The van der Waals surface area contributed by atoms with Crippen molar-refractivity contribution in [3.8, 4) is 0 Å². The number of carbonyl (C=O) groups is 3. The maximum Gasteiger partial charge on any atom is 0.290 e. The van der Waals surface area contributed by atoms with Gasteiger partial charge >= 0.3 is 0 Å². The van der Waals surface area contributed by atoms with Crippen molar-refractivity contribution < 1.29 is 24.2 Å². The number of benzene rings is 1. The third kappa shape index (κ3) is 5.17. The Morgan fingerprint density at radius 1 is 1.33 bits per heavy atom. The Bertz CT molecular complexity index is 863. The number of para-hydroxylation sites is 1. The van der Waals surface area contributed by atoms with Crippen LogP contribution in [0.3, 0.4) is 0 Å². The van der Waals surface area contributed by atoms with Gasteiger partial charge in [-0.15, -0.1) is 0 Å². The fourth-order valence-electron chi connectivity index (χ4n) is 4.01. The molecule has 0 saturated carbocycles. The monoisotopic (exact) mass is 416 g/mol. The zero-order valence-electron chi connectivity index (χ0n) is 17.2. The van der Waals surface area contributed by atoms with Crippen LogP contribution in [0, 0.1) is 0 Å². The number of ether oxygens (including phenoxy) is 1. The van der Waals surface area contributed by atoms with E-state index in [-0.39, 0.29) is 30.4 Å². The number of fused-ring (bicyclic) bond motifs is 2. The Kier molecular flexibility index (Phi) is 7.07. The van der Waals surface area contributed by atoms with Crippen molar-refractivity contribution >= 4 is 29.2 Å². The molecule has 1 aromatic carbocycles. The van der Waals surface area contributed by atoms with Crippen molar-refractivity contribution in [1.82, 2.24) is 20.1 Å².